The van der Waals surface area contributed by atoms with Crippen molar-refractivity contribution >= 4 is 23.2 Å². The van der Waals surface area contributed by atoms with Crippen LogP contribution in [0.1, 0.15) is 21.6 Å². The molecule has 1 aromatic carbocycles. The molecule has 0 aliphatic heterocycles. The summed E-state index contributed by atoms with van der Waals surface area (Å²) in [4.78, 5) is 12.2. The van der Waals surface area contributed by atoms with Crippen LogP contribution < -0.4 is 5.32 Å². The van der Waals surface area contributed by atoms with E-state index < -0.39 is 0 Å². The van der Waals surface area contributed by atoms with Crippen molar-refractivity contribution in [3.05, 3.63) is 64.7 Å². The minimum Gasteiger partial charge on any atom is -0.318 e. The lowest BCUT2D eigenvalue weighted by Gasteiger charge is -2.03. The fourth-order valence-electron chi connectivity index (χ4n) is 2.32. The molecule has 118 valence electrons. The second kappa shape index (κ2) is 6.26. The number of amides is 1. The minimum atomic E-state index is -0.356. The molecule has 0 radical (unpaired) electrons. The summed E-state index contributed by atoms with van der Waals surface area (Å²) >= 11 is 5.97. The van der Waals surface area contributed by atoms with Gasteiger partial charge in [-0.05, 0) is 12.5 Å². The zero-order valence-electron chi connectivity index (χ0n) is 12.8. The number of carbonyl (C=O) groups excluding carboxylic acids is 1. The first kappa shape index (κ1) is 15.3. The molecule has 0 atom stereocenters. The number of halogens is 1. The van der Waals surface area contributed by atoms with Crippen molar-refractivity contribution in [2.75, 3.05) is 5.32 Å². The van der Waals surface area contributed by atoms with E-state index >= 15 is 0 Å². The van der Waals surface area contributed by atoms with Crippen LogP contribution >= 0.6 is 11.6 Å². The third kappa shape index (κ3) is 3.60. The van der Waals surface area contributed by atoms with Gasteiger partial charge in [0.2, 0.25) is 0 Å². The van der Waals surface area contributed by atoms with Crippen molar-refractivity contribution in [3.63, 3.8) is 0 Å². The number of anilines is 1. The molecule has 6 nitrogen and oxygen atoms in total. The predicted molar refractivity (Wildman–Crippen MR) is 88.7 cm³/mol. The molecule has 2 aromatic heterocycles. The number of nitrogens with zero attached hydrogens (tertiary/aromatic N) is 4. The number of aromatic nitrogens is 4. The van der Waals surface area contributed by atoms with Crippen molar-refractivity contribution in [1.29, 1.82) is 0 Å². The van der Waals surface area contributed by atoms with Gasteiger partial charge in [0.1, 0.15) is 0 Å². The molecule has 0 fully saturated rings. The van der Waals surface area contributed by atoms with Crippen LogP contribution in [0.15, 0.2) is 42.9 Å². The van der Waals surface area contributed by atoms with Gasteiger partial charge in [0.05, 0.1) is 23.5 Å². The molecule has 7 heteroatoms. The second-order valence-electron chi connectivity index (χ2n) is 5.37. The average Bonchev–Trinajstić information content (AvgIpc) is 3.05. The lowest BCUT2D eigenvalue weighted by molar-refractivity contribution is 0.102. The summed E-state index contributed by atoms with van der Waals surface area (Å²) < 4.78 is 3.27. The smallest absolute Gasteiger partial charge is 0.277 e. The monoisotopic (exact) mass is 329 g/mol. The van der Waals surface area contributed by atoms with Gasteiger partial charge in [0.25, 0.3) is 5.91 Å². The van der Waals surface area contributed by atoms with E-state index in [1.807, 2.05) is 12.1 Å². The molecule has 0 bridgehead atoms. The SMILES string of the molecule is Cc1cccc(Cn2cc(NC(=O)c3nn(C)cc3Cl)cn2)c1. The van der Waals surface area contributed by atoms with Crippen LogP contribution in [-0.2, 0) is 13.6 Å². The molecular formula is C16H16ClN5O. The van der Waals surface area contributed by atoms with E-state index in [2.05, 4.69) is 34.6 Å². The molecule has 0 aliphatic rings. The minimum absolute atomic E-state index is 0.195. The van der Waals surface area contributed by atoms with Crippen molar-refractivity contribution in [1.82, 2.24) is 19.6 Å². The first-order valence-electron chi connectivity index (χ1n) is 7.10. The summed E-state index contributed by atoms with van der Waals surface area (Å²) in [7, 11) is 1.71. The number of carbonyl (C=O) groups is 1. The normalized spacial score (nSPS) is 10.7. The molecule has 0 saturated heterocycles. The Morgan fingerprint density at radius 2 is 2.17 bits per heavy atom. The fraction of sp³-hybridized carbons (Fsp3) is 0.188. The van der Waals surface area contributed by atoms with Crippen LogP contribution in [0.2, 0.25) is 5.02 Å². The maximum Gasteiger partial charge on any atom is 0.277 e. The summed E-state index contributed by atoms with van der Waals surface area (Å²) in [6.45, 7) is 2.69. The molecule has 0 unspecified atom stereocenters. The molecule has 3 aromatic rings. The van der Waals surface area contributed by atoms with Gasteiger partial charge in [-0.25, -0.2) is 0 Å². The number of rotatable bonds is 4. The van der Waals surface area contributed by atoms with Crippen LogP contribution in [0.25, 0.3) is 0 Å². The van der Waals surface area contributed by atoms with Gasteiger partial charge >= 0.3 is 0 Å². The lowest BCUT2D eigenvalue weighted by Crippen LogP contribution is -2.13. The maximum atomic E-state index is 12.2. The van der Waals surface area contributed by atoms with Gasteiger partial charge in [-0.3, -0.25) is 14.2 Å². The van der Waals surface area contributed by atoms with E-state index in [0.29, 0.717) is 17.3 Å². The zero-order valence-corrected chi connectivity index (χ0v) is 13.6. The Bertz CT molecular complexity index is 852. The van der Waals surface area contributed by atoms with E-state index in [1.165, 1.54) is 10.2 Å². The molecule has 0 aliphatic carbocycles. The molecule has 2 heterocycles. The van der Waals surface area contributed by atoms with Crippen molar-refractivity contribution in [2.45, 2.75) is 13.5 Å². The summed E-state index contributed by atoms with van der Waals surface area (Å²) in [5, 5.41) is 11.4. The average molecular weight is 330 g/mol. The summed E-state index contributed by atoms with van der Waals surface area (Å²) in [6, 6.07) is 8.21. The van der Waals surface area contributed by atoms with Crippen molar-refractivity contribution in [3.8, 4) is 0 Å². The number of hydrogen-bond acceptors (Lipinski definition) is 3. The zero-order chi connectivity index (χ0) is 16.4. The van der Waals surface area contributed by atoms with Crippen molar-refractivity contribution < 1.29 is 4.79 Å². The third-order valence-electron chi connectivity index (χ3n) is 3.32. The number of benzene rings is 1. The standard InChI is InChI=1S/C16H16ClN5O/c1-11-4-3-5-12(6-11)8-22-9-13(7-18-22)19-16(23)15-14(17)10-21(2)20-15/h3-7,9-10H,8H2,1-2H3,(H,19,23). The van der Waals surface area contributed by atoms with E-state index in [1.54, 1.807) is 30.3 Å². The van der Waals surface area contributed by atoms with E-state index in [9.17, 15) is 4.79 Å². The highest BCUT2D eigenvalue weighted by atomic mass is 35.5. The molecule has 0 spiro atoms. The Labute approximate surface area is 138 Å². The van der Waals surface area contributed by atoms with Crippen LogP contribution in [0.4, 0.5) is 5.69 Å². The quantitative estimate of drug-likeness (QED) is 0.800. The first-order chi connectivity index (χ1) is 11.0. The molecular weight excluding hydrogens is 314 g/mol. The highest BCUT2D eigenvalue weighted by Gasteiger charge is 2.15. The lowest BCUT2D eigenvalue weighted by atomic mass is 10.1. The Kier molecular flexibility index (Phi) is 4.16. The van der Waals surface area contributed by atoms with Crippen LogP contribution in [0.5, 0.6) is 0 Å². The molecule has 1 amide bonds. The van der Waals surface area contributed by atoms with E-state index in [0.717, 1.165) is 5.56 Å². The Hall–Kier alpha value is -2.60. The van der Waals surface area contributed by atoms with Crippen LogP contribution in [0.3, 0.4) is 0 Å². The Balaban J connectivity index is 1.70. The highest BCUT2D eigenvalue weighted by molar-refractivity contribution is 6.34. The molecule has 23 heavy (non-hydrogen) atoms. The second-order valence-corrected chi connectivity index (χ2v) is 5.78. The van der Waals surface area contributed by atoms with E-state index in [-0.39, 0.29) is 11.6 Å². The van der Waals surface area contributed by atoms with Gasteiger partial charge in [-0.1, -0.05) is 41.4 Å². The number of hydrogen-bond donors (Lipinski definition) is 1. The number of nitrogens with one attached hydrogen (secondary N) is 1. The Morgan fingerprint density at radius 3 is 2.87 bits per heavy atom. The van der Waals surface area contributed by atoms with Gasteiger partial charge < -0.3 is 5.32 Å². The molecule has 0 saturated carbocycles. The van der Waals surface area contributed by atoms with Gasteiger partial charge in [-0.2, -0.15) is 10.2 Å². The summed E-state index contributed by atoms with van der Waals surface area (Å²) in [6.07, 6.45) is 4.96. The third-order valence-corrected chi connectivity index (χ3v) is 3.59. The van der Waals surface area contributed by atoms with Crippen molar-refractivity contribution in [2.24, 2.45) is 7.05 Å². The van der Waals surface area contributed by atoms with Gasteiger partial charge in [0, 0.05) is 19.4 Å². The van der Waals surface area contributed by atoms with Gasteiger partial charge in [0.15, 0.2) is 5.69 Å². The fourth-order valence-corrected chi connectivity index (χ4v) is 2.58. The van der Waals surface area contributed by atoms with Gasteiger partial charge in [-0.15, -0.1) is 0 Å². The largest absolute Gasteiger partial charge is 0.318 e. The molecule has 1 N–H and O–H groups in total. The maximum absolute atomic E-state index is 12.2. The summed E-state index contributed by atoms with van der Waals surface area (Å²) in [5.74, 6) is -0.356. The van der Waals surface area contributed by atoms with Crippen LogP contribution in [-0.4, -0.2) is 25.5 Å². The van der Waals surface area contributed by atoms with Crippen LogP contribution in [0, 0.1) is 6.92 Å². The topological polar surface area (TPSA) is 64.7 Å². The number of aryl methyl sites for hydroxylation is 2. The summed E-state index contributed by atoms with van der Waals surface area (Å²) in [5.41, 5.74) is 3.15. The first-order valence-corrected chi connectivity index (χ1v) is 7.47. The predicted octanol–water partition coefficient (Wildman–Crippen LogP) is 2.88. The van der Waals surface area contributed by atoms with E-state index in [4.69, 9.17) is 11.6 Å². The highest BCUT2D eigenvalue weighted by Crippen LogP contribution is 2.16. The Morgan fingerprint density at radius 1 is 1.35 bits per heavy atom. The molecule has 3 rings (SSSR count).